The molecule has 122 valence electrons. The number of hydrogen-bond donors (Lipinski definition) is 2. The van der Waals surface area contributed by atoms with Crippen LogP contribution in [0.1, 0.15) is 32.8 Å². The van der Waals surface area contributed by atoms with Crippen LogP contribution < -0.4 is 5.32 Å². The number of methoxy groups -OCH3 is 1. The molecule has 1 aromatic rings. The fraction of sp³-hybridized carbons (Fsp3) is 0.471. The van der Waals surface area contributed by atoms with Crippen LogP contribution in [-0.4, -0.2) is 36.2 Å². The molecule has 0 bridgehead atoms. The zero-order valence-corrected chi connectivity index (χ0v) is 13.6. The monoisotopic (exact) mass is 307 g/mol. The molecular weight excluding hydrogens is 282 g/mol. The lowest BCUT2D eigenvalue weighted by Gasteiger charge is -2.23. The summed E-state index contributed by atoms with van der Waals surface area (Å²) in [6, 6.07) is 9.30. The molecular formula is C17H25NO4. The number of aliphatic hydroxyl groups excluding tert-OH is 1. The Morgan fingerprint density at radius 3 is 2.50 bits per heavy atom. The van der Waals surface area contributed by atoms with Crippen LogP contribution in [0.15, 0.2) is 36.4 Å². The van der Waals surface area contributed by atoms with Gasteiger partial charge in [0.05, 0.1) is 6.04 Å². The fourth-order valence-electron chi connectivity index (χ4n) is 1.75. The Bertz CT molecular complexity index is 479. The Morgan fingerprint density at radius 1 is 1.32 bits per heavy atom. The van der Waals surface area contributed by atoms with Crippen LogP contribution in [0.4, 0.5) is 4.79 Å². The van der Waals surface area contributed by atoms with Gasteiger partial charge < -0.3 is 19.9 Å². The fourth-order valence-corrected chi connectivity index (χ4v) is 1.75. The molecule has 0 radical (unpaired) electrons. The maximum absolute atomic E-state index is 11.9. The minimum Gasteiger partial charge on any atom is -0.444 e. The lowest BCUT2D eigenvalue weighted by atomic mass is 10.1. The van der Waals surface area contributed by atoms with Crippen molar-refractivity contribution in [2.75, 3.05) is 7.11 Å². The van der Waals surface area contributed by atoms with Crippen LogP contribution in [0.2, 0.25) is 0 Å². The number of hydrogen-bond acceptors (Lipinski definition) is 4. The first kappa shape index (κ1) is 18.2. The van der Waals surface area contributed by atoms with Crippen LogP contribution >= 0.6 is 0 Å². The molecule has 5 heteroatoms. The zero-order chi connectivity index (χ0) is 16.6. The highest BCUT2D eigenvalue weighted by atomic mass is 16.6. The highest BCUT2D eigenvalue weighted by molar-refractivity contribution is 5.68. The quantitative estimate of drug-likeness (QED) is 0.793. The van der Waals surface area contributed by atoms with Crippen molar-refractivity contribution in [1.29, 1.82) is 0 Å². The summed E-state index contributed by atoms with van der Waals surface area (Å²) in [6.07, 6.45) is 2.43. The zero-order valence-electron chi connectivity index (χ0n) is 13.6. The van der Waals surface area contributed by atoms with Crippen LogP contribution in [0.25, 0.3) is 6.08 Å². The van der Waals surface area contributed by atoms with E-state index in [9.17, 15) is 9.90 Å². The van der Waals surface area contributed by atoms with E-state index in [0.29, 0.717) is 0 Å². The molecule has 5 nitrogen and oxygen atoms in total. The molecule has 0 heterocycles. The molecule has 2 atom stereocenters. The lowest BCUT2D eigenvalue weighted by Crippen LogP contribution is -2.40. The van der Waals surface area contributed by atoms with Gasteiger partial charge in [0.1, 0.15) is 5.60 Å². The number of rotatable bonds is 6. The smallest absolute Gasteiger partial charge is 0.408 e. The normalized spacial score (nSPS) is 14.6. The molecule has 2 N–H and O–H groups in total. The van der Waals surface area contributed by atoms with Crippen molar-refractivity contribution in [1.82, 2.24) is 5.32 Å². The van der Waals surface area contributed by atoms with Gasteiger partial charge in [0.15, 0.2) is 6.29 Å². The van der Waals surface area contributed by atoms with E-state index in [2.05, 4.69) is 5.32 Å². The predicted molar refractivity (Wildman–Crippen MR) is 86.3 cm³/mol. The van der Waals surface area contributed by atoms with Crippen molar-refractivity contribution >= 4 is 12.2 Å². The van der Waals surface area contributed by atoms with Gasteiger partial charge in [-0.15, -0.1) is 0 Å². The molecule has 0 saturated heterocycles. The Kier molecular flexibility index (Phi) is 7.08. The van der Waals surface area contributed by atoms with Gasteiger partial charge in [0.2, 0.25) is 0 Å². The summed E-state index contributed by atoms with van der Waals surface area (Å²) >= 11 is 0. The molecule has 0 spiro atoms. The van der Waals surface area contributed by atoms with Crippen molar-refractivity contribution in [2.45, 2.75) is 45.1 Å². The highest BCUT2D eigenvalue weighted by Gasteiger charge is 2.20. The van der Waals surface area contributed by atoms with Crippen molar-refractivity contribution < 1.29 is 19.4 Å². The molecule has 0 aliphatic carbocycles. The van der Waals surface area contributed by atoms with Gasteiger partial charge in [-0.25, -0.2) is 4.79 Å². The maximum atomic E-state index is 11.9. The first-order chi connectivity index (χ1) is 10.3. The van der Waals surface area contributed by atoms with Gasteiger partial charge in [-0.05, 0) is 26.3 Å². The molecule has 2 unspecified atom stereocenters. The molecule has 22 heavy (non-hydrogen) atoms. The summed E-state index contributed by atoms with van der Waals surface area (Å²) in [4.78, 5) is 11.9. The van der Waals surface area contributed by atoms with E-state index in [-0.39, 0.29) is 6.42 Å². The van der Waals surface area contributed by atoms with E-state index in [0.717, 1.165) is 5.56 Å². The average molecular weight is 307 g/mol. The summed E-state index contributed by atoms with van der Waals surface area (Å²) in [5.41, 5.74) is 0.433. The predicted octanol–water partition coefficient (Wildman–Crippen LogP) is 2.95. The minimum absolute atomic E-state index is 0.235. The number of aliphatic hydroxyl groups is 1. The summed E-state index contributed by atoms with van der Waals surface area (Å²) in [6.45, 7) is 5.39. The number of carbonyl (C=O) groups excluding carboxylic acids is 1. The van der Waals surface area contributed by atoms with Crippen LogP contribution in [-0.2, 0) is 9.47 Å². The van der Waals surface area contributed by atoms with Crippen LogP contribution in [0.5, 0.6) is 0 Å². The second kappa shape index (κ2) is 8.56. The van der Waals surface area contributed by atoms with Gasteiger partial charge >= 0.3 is 6.09 Å². The first-order valence-corrected chi connectivity index (χ1v) is 7.24. The third-order valence-electron chi connectivity index (χ3n) is 2.75. The second-order valence-corrected chi connectivity index (χ2v) is 5.95. The summed E-state index contributed by atoms with van der Waals surface area (Å²) in [5, 5.41) is 12.3. The van der Waals surface area contributed by atoms with Gasteiger partial charge in [-0.2, -0.15) is 0 Å². The largest absolute Gasteiger partial charge is 0.444 e. The maximum Gasteiger partial charge on any atom is 0.408 e. The molecule has 0 fully saturated rings. The molecule has 0 aromatic heterocycles. The summed E-state index contributed by atoms with van der Waals surface area (Å²) in [5.74, 6) is 0. The third-order valence-corrected chi connectivity index (χ3v) is 2.75. The molecule has 1 amide bonds. The average Bonchev–Trinajstić information content (AvgIpc) is 2.43. The van der Waals surface area contributed by atoms with Crippen molar-refractivity contribution in [3.63, 3.8) is 0 Å². The standard InChI is InChI=1S/C17H25NO4/c1-17(2,3)22-16(20)18-14(12-15(19)21-4)11-10-13-8-6-5-7-9-13/h5-11,14-15,19H,12H2,1-4H3,(H,18,20)/b11-10+. The first-order valence-electron chi connectivity index (χ1n) is 7.24. The van der Waals surface area contributed by atoms with Gasteiger partial charge in [-0.3, -0.25) is 0 Å². The number of alkyl carbamates (subject to hydrolysis) is 1. The molecule has 1 aromatic carbocycles. The number of ether oxygens (including phenoxy) is 2. The van der Waals surface area contributed by atoms with E-state index in [4.69, 9.17) is 9.47 Å². The Hall–Kier alpha value is -1.85. The summed E-state index contributed by atoms with van der Waals surface area (Å²) < 4.78 is 10.1. The van der Waals surface area contributed by atoms with Crippen LogP contribution in [0.3, 0.4) is 0 Å². The summed E-state index contributed by atoms with van der Waals surface area (Å²) in [7, 11) is 1.41. The minimum atomic E-state index is -0.958. The molecule has 0 aliphatic rings. The molecule has 0 saturated carbocycles. The third kappa shape index (κ3) is 7.81. The topological polar surface area (TPSA) is 67.8 Å². The van der Waals surface area contributed by atoms with Gasteiger partial charge in [0.25, 0.3) is 0 Å². The Labute approximate surface area is 131 Å². The van der Waals surface area contributed by atoms with E-state index in [1.54, 1.807) is 20.8 Å². The Morgan fingerprint density at radius 2 is 1.95 bits per heavy atom. The lowest BCUT2D eigenvalue weighted by molar-refractivity contribution is -0.0809. The van der Waals surface area contributed by atoms with Crippen molar-refractivity contribution in [3.05, 3.63) is 42.0 Å². The van der Waals surface area contributed by atoms with E-state index in [1.165, 1.54) is 7.11 Å². The SMILES string of the molecule is COC(O)CC(/C=C/c1ccccc1)NC(=O)OC(C)(C)C. The number of amides is 1. The molecule has 1 rings (SSSR count). The number of benzene rings is 1. The number of carbonyl (C=O) groups is 1. The van der Waals surface area contributed by atoms with E-state index < -0.39 is 24.0 Å². The van der Waals surface area contributed by atoms with Gasteiger partial charge in [-0.1, -0.05) is 42.5 Å². The van der Waals surface area contributed by atoms with Gasteiger partial charge in [0, 0.05) is 13.5 Å². The molecule has 0 aliphatic heterocycles. The number of nitrogens with one attached hydrogen (secondary N) is 1. The van der Waals surface area contributed by atoms with Crippen molar-refractivity contribution in [2.24, 2.45) is 0 Å². The highest BCUT2D eigenvalue weighted by Crippen LogP contribution is 2.10. The van der Waals surface area contributed by atoms with Crippen LogP contribution in [0, 0.1) is 0 Å². The second-order valence-electron chi connectivity index (χ2n) is 5.95. The van der Waals surface area contributed by atoms with Crippen molar-refractivity contribution in [3.8, 4) is 0 Å². The Balaban J connectivity index is 2.71. The van der Waals surface area contributed by atoms with E-state index >= 15 is 0 Å². The van der Waals surface area contributed by atoms with E-state index in [1.807, 2.05) is 42.5 Å².